The number of ether oxygens (including phenoxy) is 2. The van der Waals surface area contributed by atoms with E-state index < -0.39 is 140 Å². The molecule has 5 aliphatic rings. The van der Waals surface area contributed by atoms with Crippen molar-refractivity contribution in [2.45, 2.75) is 95.4 Å². The van der Waals surface area contributed by atoms with E-state index in [9.17, 15) is 57.8 Å². The summed E-state index contributed by atoms with van der Waals surface area (Å²) in [4.78, 5) is 148. The first-order chi connectivity index (χ1) is 38.3. The number of aryl methyl sites for hydroxylation is 1. The highest BCUT2D eigenvalue weighted by atomic mass is 19.1. The molecular weight excluding hydrogens is 1050 g/mol. The Morgan fingerprint density at radius 1 is 0.850 bits per heavy atom. The van der Waals surface area contributed by atoms with Crippen LogP contribution in [0, 0.1) is 18.7 Å². The number of pyridine rings is 2. The fourth-order valence-electron chi connectivity index (χ4n) is 10.5. The highest BCUT2D eigenvalue weighted by Gasteiger charge is 2.47. The van der Waals surface area contributed by atoms with Crippen LogP contribution in [0.5, 0.6) is 0 Å². The van der Waals surface area contributed by atoms with Crippen LogP contribution in [0.2, 0.25) is 0 Å². The molecule has 0 bridgehead atoms. The van der Waals surface area contributed by atoms with Gasteiger partial charge in [0.1, 0.15) is 37.3 Å². The van der Waals surface area contributed by atoms with Gasteiger partial charge in [0.25, 0.3) is 17.4 Å². The summed E-state index contributed by atoms with van der Waals surface area (Å²) in [6.07, 6.45) is 2.83. The Hall–Kier alpha value is -8.75. The molecule has 26 heteroatoms. The number of cyclic esters (lactones) is 1. The van der Waals surface area contributed by atoms with Crippen LogP contribution in [0.3, 0.4) is 0 Å². The van der Waals surface area contributed by atoms with Gasteiger partial charge in [-0.25, -0.2) is 14.2 Å². The van der Waals surface area contributed by atoms with Gasteiger partial charge in [-0.3, -0.25) is 52.8 Å². The fourth-order valence-corrected chi connectivity index (χ4v) is 10.5. The van der Waals surface area contributed by atoms with E-state index in [0.717, 1.165) is 17.7 Å². The minimum absolute atomic E-state index is 0.0312. The molecule has 0 radical (unpaired) electrons. The molecule has 5 heterocycles. The summed E-state index contributed by atoms with van der Waals surface area (Å²) >= 11 is 0. The highest BCUT2D eigenvalue weighted by Crippen LogP contribution is 2.46. The molecule has 2 aromatic carbocycles. The molecule has 0 saturated heterocycles. The predicted molar refractivity (Wildman–Crippen MR) is 275 cm³/mol. The van der Waals surface area contributed by atoms with Crippen LogP contribution in [-0.4, -0.2) is 142 Å². The second-order valence-electron chi connectivity index (χ2n) is 20.0. The molecule has 3 aliphatic heterocycles. The summed E-state index contributed by atoms with van der Waals surface area (Å²) in [6.45, 7) is -0.424. The van der Waals surface area contributed by atoms with Gasteiger partial charge in [0.15, 0.2) is 5.60 Å². The van der Waals surface area contributed by atoms with Crippen LogP contribution in [-0.2, 0) is 89.0 Å². The van der Waals surface area contributed by atoms with E-state index in [1.165, 1.54) is 10.6 Å². The number of imide groups is 1. The van der Waals surface area contributed by atoms with E-state index in [1.807, 2.05) is 0 Å². The zero-order valence-electron chi connectivity index (χ0n) is 43.4. The number of hydrogen-bond donors (Lipinski definition) is 9. The number of carbonyl (C=O) groups excluding carboxylic acids is 9. The van der Waals surface area contributed by atoms with Crippen molar-refractivity contribution in [1.29, 1.82) is 0 Å². The van der Waals surface area contributed by atoms with E-state index in [4.69, 9.17) is 19.6 Å². The first-order valence-corrected chi connectivity index (χ1v) is 25.9. The van der Waals surface area contributed by atoms with Gasteiger partial charge in [-0.05, 0) is 73.3 Å². The number of nitrogens with one attached hydrogen (secondary N) is 7. The number of aromatic nitrogens is 2. The molecular formula is C54H57FN10O15. The molecule has 8 amide bonds. The lowest BCUT2D eigenvalue weighted by Crippen LogP contribution is -2.56. The van der Waals surface area contributed by atoms with Crippen molar-refractivity contribution in [2.75, 3.05) is 39.5 Å². The minimum Gasteiger partial charge on any atom is -0.480 e. The summed E-state index contributed by atoms with van der Waals surface area (Å²) in [6, 6.07) is 8.06. The van der Waals surface area contributed by atoms with Crippen LogP contribution in [0.15, 0.2) is 59.4 Å². The third-order valence-corrected chi connectivity index (χ3v) is 14.8. The molecule has 4 aromatic rings. The number of carboxylic acids is 1. The summed E-state index contributed by atoms with van der Waals surface area (Å²) in [5, 5.41) is 38.7. The number of carboxylic acid groups (broad SMARTS) is 1. The van der Waals surface area contributed by atoms with Crippen LogP contribution in [0.4, 0.5) is 4.39 Å². The maximum absolute atomic E-state index is 15.5. The number of aliphatic hydroxyl groups is 1. The van der Waals surface area contributed by atoms with Gasteiger partial charge in [-0.1, -0.05) is 37.3 Å². The second-order valence-corrected chi connectivity index (χ2v) is 20.0. The first kappa shape index (κ1) is 56.0. The zero-order chi connectivity index (χ0) is 57.2. The fraction of sp³-hybridized carbons (Fsp3) is 0.407. The topological polar surface area (TPSA) is 352 Å². The Balaban J connectivity index is 0.804. The highest BCUT2D eigenvalue weighted by molar-refractivity contribution is 6.15. The smallest absolute Gasteiger partial charge is 0.343 e. The van der Waals surface area contributed by atoms with Crippen molar-refractivity contribution in [2.24, 2.45) is 5.92 Å². The quantitative estimate of drug-likeness (QED) is 0.0205. The molecule has 9 N–H and O–H groups in total. The Labute approximate surface area is 454 Å². The first-order valence-electron chi connectivity index (χ1n) is 25.9. The summed E-state index contributed by atoms with van der Waals surface area (Å²) in [5.74, 6) is -9.04. The molecule has 80 heavy (non-hydrogen) atoms. The van der Waals surface area contributed by atoms with Gasteiger partial charge in [-0.15, -0.1) is 0 Å². The van der Waals surface area contributed by atoms with Crippen LogP contribution >= 0.6 is 0 Å². The predicted octanol–water partition coefficient (Wildman–Crippen LogP) is -1.46. The van der Waals surface area contributed by atoms with E-state index in [-0.39, 0.29) is 43.0 Å². The van der Waals surface area contributed by atoms with Crippen molar-refractivity contribution in [3.63, 3.8) is 0 Å². The van der Waals surface area contributed by atoms with E-state index in [1.54, 1.807) is 50.2 Å². The molecule has 2 aliphatic carbocycles. The molecule has 2 unspecified atom stereocenters. The zero-order valence-corrected chi connectivity index (χ0v) is 43.4. The maximum atomic E-state index is 15.5. The van der Waals surface area contributed by atoms with Crippen LogP contribution < -0.4 is 42.8 Å². The lowest BCUT2D eigenvalue weighted by molar-refractivity contribution is -0.172. The average Bonchev–Trinajstić information content (AvgIpc) is 4.33. The van der Waals surface area contributed by atoms with Gasteiger partial charge in [0.05, 0.1) is 61.2 Å². The number of halogens is 1. The van der Waals surface area contributed by atoms with Gasteiger partial charge in [0, 0.05) is 47.7 Å². The van der Waals surface area contributed by atoms with Gasteiger partial charge >= 0.3 is 11.9 Å². The minimum atomic E-state index is -2.07. The second kappa shape index (κ2) is 23.3. The number of benzene rings is 2. The van der Waals surface area contributed by atoms with Gasteiger partial charge < -0.3 is 61.5 Å². The van der Waals surface area contributed by atoms with Crippen LogP contribution in [0.25, 0.3) is 22.3 Å². The van der Waals surface area contributed by atoms with Crippen molar-refractivity contribution < 1.29 is 72.0 Å². The average molecular weight is 1110 g/mol. The van der Waals surface area contributed by atoms with Crippen molar-refractivity contribution in [3.05, 3.63) is 110 Å². The lowest BCUT2D eigenvalue weighted by Gasteiger charge is -2.31. The molecule has 9 rings (SSSR count). The Morgan fingerprint density at radius 2 is 1.54 bits per heavy atom. The number of amides is 8. The lowest BCUT2D eigenvalue weighted by atomic mass is 9.81. The van der Waals surface area contributed by atoms with E-state index in [2.05, 4.69) is 37.2 Å². The van der Waals surface area contributed by atoms with Crippen LogP contribution in [0.1, 0.15) is 77.6 Å². The number of esters is 1. The van der Waals surface area contributed by atoms with Crippen molar-refractivity contribution in [1.82, 2.24) is 51.7 Å². The summed E-state index contributed by atoms with van der Waals surface area (Å²) in [7, 11) is 0. The normalized spacial score (nSPS) is 18.7. The number of carbonyl (C=O) groups is 10. The Bertz CT molecular complexity index is 3350. The summed E-state index contributed by atoms with van der Waals surface area (Å²) < 4.78 is 28.2. The van der Waals surface area contributed by atoms with Gasteiger partial charge in [-0.2, -0.15) is 0 Å². The molecule has 2 aromatic heterocycles. The Morgan fingerprint density at radius 3 is 2.23 bits per heavy atom. The number of hydrogen-bond acceptors (Lipinski definition) is 16. The molecule has 1 saturated carbocycles. The van der Waals surface area contributed by atoms with E-state index in [0.29, 0.717) is 75.1 Å². The third-order valence-electron chi connectivity index (χ3n) is 14.8. The number of fused-ring (bicyclic) bond motifs is 5. The largest absolute Gasteiger partial charge is 0.480 e. The maximum Gasteiger partial charge on any atom is 0.343 e. The molecule has 420 valence electrons. The monoisotopic (exact) mass is 1100 g/mol. The SMILES string of the molecule is CC[C@@]1(O)C(=O)OCc2c1cc1n(c2=O)Cc2c-1nc1cc(F)c(C)c3c1c2[C@H](NC(=O)C(OCNC(=O)CNC(=O)[C@H](Cc1ccccc1)NC(=O)CNC(=O)CNC(=O)C(CNCC(=O)O)N1C(=O)C=CC1=O)C1CC1)CC3. The molecule has 1 fully saturated rings. The third kappa shape index (κ3) is 11.5. The van der Waals surface area contributed by atoms with Crippen molar-refractivity contribution >= 4 is 70.1 Å². The number of rotatable bonds is 23. The molecule has 0 spiro atoms. The van der Waals surface area contributed by atoms with Gasteiger partial charge in [0.2, 0.25) is 35.4 Å². The van der Waals surface area contributed by atoms with E-state index >= 15 is 4.39 Å². The molecule has 5 atom stereocenters. The molecule has 25 nitrogen and oxygen atoms in total. The standard InChI is InChI=1S/C54H57FN10O15/c1-3-54(78)32-16-37-47-30(23-64(37)52(76)31(32)24-79-53(54)77)46-34(12-11-29-26(2)33(55)17-35(62-47)45(29)46)63-51(75)48(28-9-10-28)80-25-60-40(67)20-58-49(73)36(15-27-7-5-4-6-8-27)61-41(68)21-57-39(66)19-59-50(74)38(18-56-22-44(71)72)65-42(69)13-14-43(65)70/h4-8,13-14,16-17,28,34,36,38,48,56,78H,3,9-12,15,18-25H2,1-2H3,(H,57,66)(H,58,73)(H,59,74)(H,60,67)(H,61,68)(H,63,75)(H,71,72)/t34-,36+,38?,48?,54+/m1/s1. The Kier molecular flexibility index (Phi) is 16.3. The number of nitrogens with zero attached hydrogens (tertiary/aromatic N) is 3. The van der Waals surface area contributed by atoms with Crippen molar-refractivity contribution in [3.8, 4) is 11.4 Å². The summed E-state index contributed by atoms with van der Waals surface area (Å²) in [5.41, 5.74) is 1.73. The number of aliphatic carboxylic acids is 1.